The van der Waals surface area contributed by atoms with E-state index < -0.39 is 11.7 Å². The van der Waals surface area contributed by atoms with E-state index in [1.807, 2.05) is 0 Å². The number of carbonyl (C=O) groups excluding carboxylic acids is 2. The van der Waals surface area contributed by atoms with Crippen LogP contribution in [0.3, 0.4) is 0 Å². The molecule has 0 bridgehead atoms. The van der Waals surface area contributed by atoms with Gasteiger partial charge in [-0.15, -0.1) is 0 Å². The first-order chi connectivity index (χ1) is 13.9. The monoisotopic (exact) mass is 420 g/mol. The minimum absolute atomic E-state index is 0.103. The van der Waals surface area contributed by atoms with E-state index >= 15 is 0 Å². The zero-order valence-corrected chi connectivity index (χ0v) is 16.3. The van der Waals surface area contributed by atoms with Crippen LogP contribution in [0.5, 0.6) is 17.2 Å². The molecule has 152 valence electrons. The van der Waals surface area contributed by atoms with Gasteiger partial charge in [0.05, 0.1) is 25.0 Å². The number of carbonyl (C=O) groups is 2. The summed E-state index contributed by atoms with van der Waals surface area (Å²) in [5.74, 6) is -0.0425. The second-order valence-corrected chi connectivity index (χ2v) is 7.28. The number of fused-ring (bicyclic) bond motifs is 1. The Hall–Kier alpha value is -3.00. The Morgan fingerprint density at radius 2 is 2.10 bits per heavy atom. The number of benzene rings is 2. The Labute approximate surface area is 171 Å². The van der Waals surface area contributed by atoms with Gasteiger partial charge in [-0.3, -0.25) is 9.59 Å². The van der Waals surface area contributed by atoms with Crippen LogP contribution in [0, 0.1) is 11.7 Å². The minimum atomic E-state index is -0.685. The Balaban J connectivity index is 1.36. The predicted molar refractivity (Wildman–Crippen MR) is 103 cm³/mol. The SMILES string of the molecule is COc1cc(Cl)ccc1OCC1CN(C(=O)c2cc3c(cc2F)OCC(=O)N3)C1. The summed E-state index contributed by atoms with van der Waals surface area (Å²) in [5, 5.41) is 3.12. The van der Waals surface area contributed by atoms with E-state index in [0.717, 1.165) is 6.07 Å². The summed E-state index contributed by atoms with van der Waals surface area (Å²) in [6.07, 6.45) is 0. The number of hydrogen-bond donors (Lipinski definition) is 1. The van der Waals surface area contributed by atoms with Crippen molar-refractivity contribution in [2.45, 2.75) is 0 Å². The smallest absolute Gasteiger partial charge is 0.262 e. The van der Waals surface area contributed by atoms with Gasteiger partial charge in [0, 0.05) is 36.2 Å². The first-order valence-electron chi connectivity index (χ1n) is 8.96. The van der Waals surface area contributed by atoms with Crippen LogP contribution in [0.4, 0.5) is 10.1 Å². The van der Waals surface area contributed by atoms with Crippen molar-refractivity contribution in [3.05, 3.63) is 46.7 Å². The molecule has 29 heavy (non-hydrogen) atoms. The maximum Gasteiger partial charge on any atom is 0.262 e. The molecule has 1 N–H and O–H groups in total. The van der Waals surface area contributed by atoms with E-state index in [1.54, 1.807) is 18.2 Å². The second-order valence-electron chi connectivity index (χ2n) is 6.85. The summed E-state index contributed by atoms with van der Waals surface area (Å²) in [6.45, 7) is 1.09. The largest absolute Gasteiger partial charge is 0.493 e. The molecule has 0 atom stereocenters. The third-order valence-electron chi connectivity index (χ3n) is 4.78. The van der Waals surface area contributed by atoms with Gasteiger partial charge in [0.25, 0.3) is 11.8 Å². The fraction of sp³-hybridized carbons (Fsp3) is 0.300. The molecule has 2 aliphatic rings. The lowest BCUT2D eigenvalue weighted by molar-refractivity contribution is -0.118. The molecule has 0 aromatic heterocycles. The number of hydrogen-bond acceptors (Lipinski definition) is 5. The molecule has 1 fully saturated rings. The van der Waals surface area contributed by atoms with E-state index in [2.05, 4.69) is 5.32 Å². The van der Waals surface area contributed by atoms with Crippen LogP contribution in [0.1, 0.15) is 10.4 Å². The molecule has 2 aromatic rings. The molecule has 9 heteroatoms. The summed E-state index contributed by atoms with van der Waals surface area (Å²) < 4.78 is 30.5. The summed E-state index contributed by atoms with van der Waals surface area (Å²) in [4.78, 5) is 25.6. The number of anilines is 1. The fourth-order valence-electron chi connectivity index (χ4n) is 3.25. The van der Waals surface area contributed by atoms with Crippen molar-refractivity contribution in [1.29, 1.82) is 0 Å². The van der Waals surface area contributed by atoms with Gasteiger partial charge < -0.3 is 24.4 Å². The summed E-state index contributed by atoms with van der Waals surface area (Å²) in [6, 6.07) is 7.52. The Morgan fingerprint density at radius 1 is 1.31 bits per heavy atom. The third kappa shape index (κ3) is 3.93. The quantitative estimate of drug-likeness (QED) is 0.804. The number of amides is 2. The molecule has 2 aliphatic heterocycles. The van der Waals surface area contributed by atoms with Gasteiger partial charge in [0.15, 0.2) is 18.1 Å². The van der Waals surface area contributed by atoms with Gasteiger partial charge in [0.1, 0.15) is 11.6 Å². The molecule has 1 saturated heterocycles. The molecule has 4 rings (SSSR count). The van der Waals surface area contributed by atoms with E-state index in [-0.39, 0.29) is 29.7 Å². The highest BCUT2D eigenvalue weighted by atomic mass is 35.5. The Kier molecular flexibility index (Phi) is 5.19. The maximum atomic E-state index is 14.3. The van der Waals surface area contributed by atoms with E-state index in [0.29, 0.717) is 41.9 Å². The molecule has 2 amide bonds. The number of likely N-dealkylation sites (tertiary alicyclic amines) is 1. The Bertz CT molecular complexity index is 978. The molecule has 2 heterocycles. The zero-order chi connectivity index (χ0) is 20.5. The van der Waals surface area contributed by atoms with E-state index in [9.17, 15) is 14.0 Å². The molecule has 2 aromatic carbocycles. The van der Waals surface area contributed by atoms with Crippen LogP contribution in [0.25, 0.3) is 0 Å². The average molecular weight is 421 g/mol. The van der Waals surface area contributed by atoms with Crippen molar-refractivity contribution in [2.75, 3.05) is 38.7 Å². The van der Waals surface area contributed by atoms with Crippen molar-refractivity contribution in [3.8, 4) is 17.2 Å². The van der Waals surface area contributed by atoms with Gasteiger partial charge in [-0.25, -0.2) is 4.39 Å². The summed E-state index contributed by atoms with van der Waals surface area (Å²) >= 11 is 5.93. The number of rotatable bonds is 5. The third-order valence-corrected chi connectivity index (χ3v) is 5.01. The van der Waals surface area contributed by atoms with Crippen LogP contribution in [-0.4, -0.2) is 50.1 Å². The van der Waals surface area contributed by atoms with Gasteiger partial charge in [-0.05, 0) is 18.2 Å². The summed E-state index contributed by atoms with van der Waals surface area (Å²) in [7, 11) is 1.53. The lowest BCUT2D eigenvalue weighted by Crippen LogP contribution is -2.52. The molecule has 0 saturated carbocycles. The van der Waals surface area contributed by atoms with Crippen LogP contribution in [0.15, 0.2) is 30.3 Å². The highest BCUT2D eigenvalue weighted by Gasteiger charge is 2.34. The lowest BCUT2D eigenvalue weighted by Gasteiger charge is -2.39. The summed E-state index contributed by atoms with van der Waals surface area (Å²) in [5.41, 5.74) is 0.189. The van der Waals surface area contributed by atoms with Gasteiger partial charge in [0.2, 0.25) is 0 Å². The van der Waals surface area contributed by atoms with Crippen molar-refractivity contribution in [3.63, 3.8) is 0 Å². The number of nitrogens with one attached hydrogen (secondary N) is 1. The molecular weight excluding hydrogens is 403 g/mol. The van der Waals surface area contributed by atoms with Crippen LogP contribution < -0.4 is 19.5 Å². The number of methoxy groups -OCH3 is 1. The number of ether oxygens (including phenoxy) is 3. The highest BCUT2D eigenvalue weighted by Crippen LogP contribution is 2.33. The van der Waals surface area contributed by atoms with Gasteiger partial charge in [-0.2, -0.15) is 0 Å². The van der Waals surface area contributed by atoms with Crippen LogP contribution in [0.2, 0.25) is 5.02 Å². The molecule has 0 aliphatic carbocycles. The normalized spacial score (nSPS) is 15.7. The van der Waals surface area contributed by atoms with Gasteiger partial charge in [-0.1, -0.05) is 11.6 Å². The van der Waals surface area contributed by atoms with Crippen LogP contribution >= 0.6 is 11.6 Å². The topological polar surface area (TPSA) is 77.1 Å². The number of nitrogens with zero attached hydrogens (tertiary/aromatic N) is 1. The lowest BCUT2D eigenvalue weighted by atomic mass is 9.99. The Morgan fingerprint density at radius 3 is 2.86 bits per heavy atom. The molecule has 0 spiro atoms. The highest BCUT2D eigenvalue weighted by molar-refractivity contribution is 6.30. The zero-order valence-electron chi connectivity index (χ0n) is 15.5. The minimum Gasteiger partial charge on any atom is -0.493 e. The van der Waals surface area contributed by atoms with Crippen molar-refractivity contribution < 1.29 is 28.2 Å². The van der Waals surface area contributed by atoms with E-state index in [1.165, 1.54) is 18.1 Å². The van der Waals surface area contributed by atoms with Gasteiger partial charge >= 0.3 is 0 Å². The molecule has 0 unspecified atom stereocenters. The predicted octanol–water partition coefficient (Wildman–Crippen LogP) is 2.97. The first kappa shape index (κ1) is 19.3. The van der Waals surface area contributed by atoms with Crippen molar-refractivity contribution in [2.24, 2.45) is 5.92 Å². The van der Waals surface area contributed by atoms with Crippen molar-refractivity contribution in [1.82, 2.24) is 4.90 Å². The first-order valence-corrected chi connectivity index (χ1v) is 9.34. The average Bonchev–Trinajstić information content (AvgIpc) is 2.67. The molecule has 0 radical (unpaired) electrons. The van der Waals surface area contributed by atoms with Crippen LogP contribution in [-0.2, 0) is 4.79 Å². The standard InChI is InChI=1S/C20H18ClFN2O5/c1-27-18-4-12(21)2-3-16(18)28-9-11-7-24(8-11)20(26)13-5-15-17(6-14(13)22)29-10-19(25)23-15/h2-6,11H,7-10H2,1H3,(H,23,25). The fourth-order valence-corrected chi connectivity index (χ4v) is 3.41. The van der Waals surface area contributed by atoms with Crippen molar-refractivity contribution >= 4 is 29.1 Å². The number of halogens is 2. The van der Waals surface area contributed by atoms with E-state index in [4.69, 9.17) is 25.8 Å². The molecular formula is C20H18ClFN2O5. The maximum absolute atomic E-state index is 14.3. The molecule has 7 nitrogen and oxygen atoms in total. The second kappa shape index (κ2) is 7.79.